The number of nitrogens with one attached hydrogen (secondary N) is 1. The molecule has 16 heavy (non-hydrogen) atoms. The van der Waals surface area contributed by atoms with E-state index >= 15 is 0 Å². The second-order valence-electron chi connectivity index (χ2n) is 3.89. The maximum atomic E-state index is 8.48. The first-order chi connectivity index (χ1) is 7.78. The lowest BCUT2D eigenvalue weighted by Gasteiger charge is -2.28. The van der Waals surface area contributed by atoms with Crippen molar-refractivity contribution in [2.75, 3.05) is 0 Å². The number of allylic oxidation sites excluding steroid dienone is 3. The summed E-state index contributed by atoms with van der Waals surface area (Å²) in [4.78, 5) is 0. The van der Waals surface area contributed by atoms with E-state index in [1.807, 2.05) is 12.2 Å². The summed E-state index contributed by atoms with van der Waals surface area (Å²) in [5.74, 6) is 0.805. The third-order valence-electron chi connectivity index (χ3n) is 2.60. The number of nitrogens with zero attached hydrogens (tertiary/aromatic N) is 1. The van der Waals surface area contributed by atoms with Crippen molar-refractivity contribution in [1.82, 2.24) is 5.32 Å². The molecular weight excluding hydrogens is 224 g/mol. The van der Waals surface area contributed by atoms with Gasteiger partial charge in [-0.3, -0.25) is 0 Å². The molecule has 0 heterocycles. The van der Waals surface area contributed by atoms with Gasteiger partial charge in [-0.1, -0.05) is 11.2 Å². The molecule has 2 rings (SSSR count). The van der Waals surface area contributed by atoms with Crippen molar-refractivity contribution in [2.45, 2.75) is 31.7 Å². The van der Waals surface area contributed by atoms with E-state index in [0.29, 0.717) is 5.17 Å². The molecule has 0 atom stereocenters. The van der Waals surface area contributed by atoms with Crippen molar-refractivity contribution in [2.24, 2.45) is 5.16 Å². The highest BCUT2D eigenvalue weighted by Crippen LogP contribution is 2.17. The van der Waals surface area contributed by atoms with E-state index in [1.165, 1.54) is 0 Å². The van der Waals surface area contributed by atoms with Crippen LogP contribution < -0.4 is 5.32 Å². The number of ether oxygens (including phenoxy) is 1. The molecule has 2 aliphatic rings. The first-order valence-electron chi connectivity index (χ1n) is 5.33. The van der Waals surface area contributed by atoms with Crippen LogP contribution in [0.4, 0.5) is 0 Å². The van der Waals surface area contributed by atoms with Gasteiger partial charge in [0, 0.05) is 18.9 Å². The Kier molecular flexibility index (Phi) is 3.56. The zero-order valence-corrected chi connectivity index (χ0v) is 9.67. The van der Waals surface area contributed by atoms with E-state index in [4.69, 9.17) is 22.2 Å². The molecule has 0 saturated heterocycles. The fraction of sp³-hybridized carbons (Fsp3) is 0.455. The molecule has 2 aliphatic carbocycles. The normalized spacial score (nSPS) is 23.1. The summed E-state index contributed by atoms with van der Waals surface area (Å²) in [6.07, 6.45) is 9.54. The zero-order valence-electron chi connectivity index (χ0n) is 8.85. The predicted molar refractivity (Wildman–Crippen MR) is 65.5 cm³/mol. The summed E-state index contributed by atoms with van der Waals surface area (Å²) in [6.45, 7) is 0. The standard InChI is InChI=1S/C11H14N2O2S/c14-13-9-6-8(7-9)12-11(16)15-10-4-2-1-3-5-10/h2,4-5,8,14H,1,3,6-7H2,(H,12,16). The van der Waals surface area contributed by atoms with Crippen LogP contribution in [0, 0.1) is 0 Å². The Balaban J connectivity index is 1.73. The molecule has 0 unspecified atom stereocenters. The molecule has 4 nitrogen and oxygen atoms in total. The van der Waals surface area contributed by atoms with E-state index in [2.05, 4.69) is 16.5 Å². The molecule has 1 fully saturated rings. The Labute approximate surface area is 99.7 Å². The van der Waals surface area contributed by atoms with Gasteiger partial charge in [0.25, 0.3) is 5.17 Å². The molecule has 5 heteroatoms. The molecule has 0 aliphatic heterocycles. The summed E-state index contributed by atoms with van der Waals surface area (Å²) in [5.41, 5.74) is 0.803. The zero-order chi connectivity index (χ0) is 11.4. The second kappa shape index (κ2) is 5.12. The largest absolute Gasteiger partial charge is 0.432 e. The van der Waals surface area contributed by atoms with Gasteiger partial charge in [0.15, 0.2) is 0 Å². The Bertz CT molecular complexity index is 366. The van der Waals surface area contributed by atoms with Crippen LogP contribution in [0.1, 0.15) is 25.7 Å². The minimum atomic E-state index is 0.242. The summed E-state index contributed by atoms with van der Waals surface area (Å²) in [5, 5.41) is 15.1. The minimum Gasteiger partial charge on any atom is -0.432 e. The fourth-order valence-electron chi connectivity index (χ4n) is 1.66. The summed E-state index contributed by atoms with van der Waals surface area (Å²) in [6, 6.07) is 0.242. The van der Waals surface area contributed by atoms with Gasteiger partial charge in [-0.05, 0) is 37.2 Å². The molecule has 0 amide bonds. The van der Waals surface area contributed by atoms with Crippen molar-refractivity contribution in [1.29, 1.82) is 0 Å². The molecule has 2 N–H and O–H groups in total. The van der Waals surface area contributed by atoms with Gasteiger partial charge in [0.1, 0.15) is 5.76 Å². The highest BCUT2D eigenvalue weighted by Gasteiger charge is 2.26. The average Bonchev–Trinajstić information content (AvgIpc) is 2.24. The minimum absolute atomic E-state index is 0.242. The molecule has 0 bridgehead atoms. The van der Waals surface area contributed by atoms with Gasteiger partial charge in [-0.15, -0.1) is 0 Å². The highest BCUT2D eigenvalue weighted by atomic mass is 32.1. The van der Waals surface area contributed by atoms with Crippen LogP contribution in [0.25, 0.3) is 0 Å². The molecule has 0 spiro atoms. The van der Waals surface area contributed by atoms with Crippen LogP contribution in [0.15, 0.2) is 29.1 Å². The van der Waals surface area contributed by atoms with E-state index < -0.39 is 0 Å². The van der Waals surface area contributed by atoms with Crippen LogP contribution in [-0.2, 0) is 4.74 Å². The van der Waals surface area contributed by atoms with Crippen molar-refractivity contribution >= 4 is 23.1 Å². The van der Waals surface area contributed by atoms with Crippen LogP contribution >= 0.6 is 12.2 Å². The maximum absolute atomic E-state index is 8.48. The highest BCUT2D eigenvalue weighted by molar-refractivity contribution is 7.80. The quantitative estimate of drug-likeness (QED) is 0.439. The van der Waals surface area contributed by atoms with Crippen LogP contribution in [0.3, 0.4) is 0 Å². The van der Waals surface area contributed by atoms with Gasteiger partial charge in [0.2, 0.25) is 0 Å². The van der Waals surface area contributed by atoms with E-state index in [0.717, 1.165) is 37.2 Å². The fourth-order valence-corrected chi connectivity index (χ4v) is 1.92. The Morgan fingerprint density at radius 1 is 1.50 bits per heavy atom. The number of hydrogen-bond donors (Lipinski definition) is 2. The lowest BCUT2D eigenvalue weighted by atomic mass is 9.91. The van der Waals surface area contributed by atoms with Gasteiger partial charge >= 0.3 is 0 Å². The monoisotopic (exact) mass is 238 g/mol. The lowest BCUT2D eigenvalue weighted by Crippen LogP contribution is -2.44. The predicted octanol–water partition coefficient (Wildman–Crippen LogP) is 2.10. The summed E-state index contributed by atoms with van der Waals surface area (Å²) >= 11 is 5.08. The van der Waals surface area contributed by atoms with Crippen LogP contribution in [0.2, 0.25) is 0 Å². The van der Waals surface area contributed by atoms with Gasteiger partial charge in [-0.2, -0.15) is 0 Å². The van der Waals surface area contributed by atoms with Crippen LogP contribution in [0.5, 0.6) is 0 Å². The number of thiocarbonyl (C=S) groups is 1. The van der Waals surface area contributed by atoms with Gasteiger partial charge in [-0.25, -0.2) is 0 Å². The van der Waals surface area contributed by atoms with Crippen molar-refractivity contribution in [3.8, 4) is 0 Å². The van der Waals surface area contributed by atoms with Crippen LogP contribution in [-0.4, -0.2) is 22.1 Å². The third kappa shape index (κ3) is 2.82. The average molecular weight is 238 g/mol. The summed E-state index contributed by atoms with van der Waals surface area (Å²) in [7, 11) is 0. The van der Waals surface area contributed by atoms with Crippen molar-refractivity contribution in [3.63, 3.8) is 0 Å². The van der Waals surface area contributed by atoms with E-state index in [9.17, 15) is 0 Å². The van der Waals surface area contributed by atoms with Crippen molar-refractivity contribution < 1.29 is 9.94 Å². The molecule has 0 aromatic heterocycles. The van der Waals surface area contributed by atoms with Gasteiger partial charge in [0.05, 0.1) is 5.71 Å². The number of rotatable bonds is 2. The lowest BCUT2D eigenvalue weighted by molar-refractivity contribution is 0.308. The van der Waals surface area contributed by atoms with Gasteiger partial charge < -0.3 is 15.3 Å². The summed E-state index contributed by atoms with van der Waals surface area (Å²) < 4.78 is 5.46. The SMILES string of the molecule is ON=C1CC(NC(=S)OC2=CCCC=C2)C1. The topological polar surface area (TPSA) is 53.9 Å². The Morgan fingerprint density at radius 2 is 2.31 bits per heavy atom. The second-order valence-corrected chi connectivity index (χ2v) is 4.26. The maximum Gasteiger partial charge on any atom is 0.262 e. The molecule has 0 aromatic rings. The first-order valence-corrected chi connectivity index (χ1v) is 5.73. The molecule has 1 saturated carbocycles. The molecule has 86 valence electrons. The number of hydrogen-bond acceptors (Lipinski definition) is 4. The number of oxime groups is 1. The van der Waals surface area contributed by atoms with E-state index in [-0.39, 0.29) is 6.04 Å². The molecule has 0 aromatic carbocycles. The smallest absolute Gasteiger partial charge is 0.262 e. The Morgan fingerprint density at radius 3 is 2.94 bits per heavy atom. The Hall–Kier alpha value is -1.36. The third-order valence-corrected chi connectivity index (χ3v) is 2.80. The first kappa shape index (κ1) is 11.1. The molecular formula is C11H14N2O2S. The van der Waals surface area contributed by atoms with E-state index in [1.54, 1.807) is 0 Å². The van der Waals surface area contributed by atoms with Crippen molar-refractivity contribution in [3.05, 3.63) is 24.0 Å². The molecule has 0 radical (unpaired) electrons.